The predicted octanol–water partition coefficient (Wildman–Crippen LogP) is 4.42. The summed E-state index contributed by atoms with van der Waals surface area (Å²) >= 11 is 0. The van der Waals surface area contributed by atoms with Gasteiger partial charge in [0.15, 0.2) is 0 Å². The molecule has 0 unspecified atom stereocenters. The summed E-state index contributed by atoms with van der Waals surface area (Å²) < 4.78 is 4.95. The van der Waals surface area contributed by atoms with Gasteiger partial charge < -0.3 is 9.84 Å². The molecule has 29 heavy (non-hydrogen) atoms. The third kappa shape index (κ3) is 3.17. The van der Waals surface area contributed by atoms with Gasteiger partial charge in [-0.2, -0.15) is 0 Å². The number of aromatic hydroxyl groups is 1. The highest BCUT2D eigenvalue weighted by molar-refractivity contribution is 6.25. The van der Waals surface area contributed by atoms with Crippen LogP contribution < -0.4 is 4.90 Å². The van der Waals surface area contributed by atoms with Crippen LogP contribution >= 0.6 is 0 Å². The molecule has 0 spiro atoms. The molecule has 144 valence electrons. The molecule has 1 heterocycles. The molecule has 1 aliphatic heterocycles. The molecule has 0 aromatic heterocycles. The van der Waals surface area contributed by atoms with E-state index >= 15 is 0 Å². The molecule has 0 aliphatic carbocycles. The summed E-state index contributed by atoms with van der Waals surface area (Å²) in [5.74, 6) is -0.816. The lowest BCUT2D eigenvalue weighted by Crippen LogP contribution is -2.24. The summed E-state index contributed by atoms with van der Waals surface area (Å²) in [6, 6.07) is 20.0. The van der Waals surface area contributed by atoms with Gasteiger partial charge in [0.25, 0.3) is 5.91 Å². The fourth-order valence-electron chi connectivity index (χ4n) is 3.65. The third-order valence-electron chi connectivity index (χ3n) is 4.98. The van der Waals surface area contributed by atoms with E-state index in [1.807, 2.05) is 42.5 Å². The number of hydrogen-bond acceptors (Lipinski definition) is 4. The minimum atomic E-state index is -0.579. The van der Waals surface area contributed by atoms with Gasteiger partial charge in [-0.05, 0) is 42.1 Å². The number of carbonyl (C=O) groups excluding carboxylic acids is 2. The lowest BCUT2D eigenvalue weighted by molar-refractivity contribution is -0.136. The highest BCUT2D eigenvalue weighted by Gasteiger charge is 2.38. The Labute approximate surface area is 168 Å². The van der Waals surface area contributed by atoms with Gasteiger partial charge in [0.05, 0.1) is 23.9 Å². The Morgan fingerprint density at radius 3 is 2.52 bits per heavy atom. The number of phenolic OH excluding ortho intramolecular Hbond substituents is 1. The monoisotopic (exact) mass is 385 g/mol. The number of esters is 1. The van der Waals surface area contributed by atoms with Gasteiger partial charge in [-0.3, -0.25) is 9.69 Å². The van der Waals surface area contributed by atoms with Crippen molar-refractivity contribution in [3.05, 3.63) is 89.1 Å². The summed E-state index contributed by atoms with van der Waals surface area (Å²) in [4.78, 5) is 27.5. The molecule has 0 atom stereocenters. The van der Waals surface area contributed by atoms with E-state index in [1.54, 1.807) is 36.1 Å². The van der Waals surface area contributed by atoms with E-state index in [4.69, 9.17) is 4.74 Å². The van der Waals surface area contributed by atoms with E-state index < -0.39 is 5.97 Å². The number of fused-ring (bicyclic) bond motifs is 1. The molecule has 0 fully saturated rings. The van der Waals surface area contributed by atoms with Crippen LogP contribution in [0.15, 0.2) is 83.6 Å². The predicted molar refractivity (Wildman–Crippen MR) is 112 cm³/mol. The van der Waals surface area contributed by atoms with Crippen molar-refractivity contribution in [3.63, 3.8) is 0 Å². The Morgan fingerprint density at radius 1 is 1.03 bits per heavy atom. The maximum absolute atomic E-state index is 13.4. The molecular formula is C24H19NO4. The first kappa shape index (κ1) is 18.5. The molecule has 0 saturated heterocycles. The maximum Gasteiger partial charge on any atom is 0.340 e. The first-order chi connectivity index (χ1) is 14.0. The van der Waals surface area contributed by atoms with E-state index in [0.717, 1.165) is 10.8 Å². The standard InChI is InChI=1S/C24H19NO4/c1-15-22(24(28)29-2)20(14-16-7-5-10-18(26)13-16)23(27)25(15)21-12-6-9-17-8-3-4-11-19(17)21/h3-14,26H,1-2H3/b20-14-. The van der Waals surface area contributed by atoms with Gasteiger partial charge >= 0.3 is 5.97 Å². The molecule has 0 radical (unpaired) electrons. The number of allylic oxidation sites excluding steroid dienone is 1. The van der Waals surface area contributed by atoms with Crippen LogP contribution in [0.2, 0.25) is 0 Å². The molecule has 5 heteroatoms. The van der Waals surface area contributed by atoms with Crippen molar-refractivity contribution in [1.82, 2.24) is 0 Å². The van der Waals surface area contributed by atoms with E-state index in [-0.39, 0.29) is 22.8 Å². The second kappa shape index (κ2) is 7.28. The van der Waals surface area contributed by atoms with Gasteiger partial charge in [0.1, 0.15) is 5.75 Å². The molecular weight excluding hydrogens is 366 g/mol. The van der Waals surface area contributed by atoms with Crippen molar-refractivity contribution >= 4 is 34.4 Å². The Balaban J connectivity index is 1.92. The Hall–Kier alpha value is -3.86. The highest BCUT2D eigenvalue weighted by atomic mass is 16.5. The van der Waals surface area contributed by atoms with Crippen molar-refractivity contribution in [3.8, 4) is 5.75 Å². The first-order valence-electron chi connectivity index (χ1n) is 9.14. The minimum absolute atomic E-state index is 0.0797. The smallest absolute Gasteiger partial charge is 0.340 e. The number of hydrogen-bond donors (Lipinski definition) is 1. The van der Waals surface area contributed by atoms with Gasteiger partial charge in [-0.25, -0.2) is 4.79 Å². The quantitative estimate of drug-likeness (QED) is 0.535. The van der Waals surface area contributed by atoms with Gasteiger partial charge in [0.2, 0.25) is 0 Å². The molecule has 0 bridgehead atoms. The molecule has 1 amide bonds. The number of phenols is 1. The highest BCUT2D eigenvalue weighted by Crippen LogP contribution is 2.38. The fraction of sp³-hybridized carbons (Fsp3) is 0.0833. The molecule has 3 aromatic rings. The molecule has 3 aromatic carbocycles. The summed E-state index contributed by atoms with van der Waals surface area (Å²) in [7, 11) is 1.29. The molecule has 1 aliphatic rings. The van der Waals surface area contributed by atoms with Gasteiger partial charge in [-0.15, -0.1) is 0 Å². The Morgan fingerprint density at radius 2 is 1.76 bits per heavy atom. The topological polar surface area (TPSA) is 66.8 Å². The number of anilines is 1. The summed E-state index contributed by atoms with van der Waals surface area (Å²) in [6.07, 6.45) is 1.60. The van der Waals surface area contributed by atoms with Crippen LogP contribution in [0.3, 0.4) is 0 Å². The Kier molecular flexibility index (Phi) is 4.64. The van der Waals surface area contributed by atoms with Crippen LogP contribution in [-0.4, -0.2) is 24.1 Å². The van der Waals surface area contributed by atoms with E-state index in [1.165, 1.54) is 13.2 Å². The summed E-state index contributed by atoms with van der Waals surface area (Å²) in [5.41, 5.74) is 2.26. The van der Waals surface area contributed by atoms with Crippen LogP contribution in [0, 0.1) is 0 Å². The fourth-order valence-corrected chi connectivity index (χ4v) is 3.65. The van der Waals surface area contributed by atoms with E-state index in [2.05, 4.69) is 0 Å². The second-order valence-electron chi connectivity index (χ2n) is 6.74. The van der Waals surface area contributed by atoms with E-state index in [9.17, 15) is 14.7 Å². The lowest BCUT2D eigenvalue weighted by atomic mass is 10.0. The number of methoxy groups -OCH3 is 1. The van der Waals surface area contributed by atoms with Crippen LogP contribution in [0.25, 0.3) is 16.8 Å². The van der Waals surface area contributed by atoms with Crippen molar-refractivity contribution < 1.29 is 19.4 Å². The number of benzene rings is 3. The van der Waals surface area contributed by atoms with Gasteiger partial charge in [-0.1, -0.05) is 48.5 Å². The molecule has 4 rings (SSSR count). The maximum atomic E-state index is 13.4. The van der Waals surface area contributed by atoms with Crippen LogP contribution in [-0.2, 0) is 14.3 Å². The number of ether oxygens (including phenoxy) is 1. The van der Waals surface area contributed by atoms with Crippen LogP contribution in [0.4, 0.5) is 5.69 Å². The molecule has 1 N–H and O–H groups in total. The number of rotatable bonds is 3. The van der Waals surface area contributed by atoms with Crippen molar-refractivity contribution in [1.29, 1.82) is 0 Å². The summed E-state index contributed by atoms with van der Waals surface area (Å²) in [6.45, 7) is 1.73. The molecule has 5 nitrogen and oxygen atoms in total. The largest absolute Gasteiger partial charge is 0.508 e. The zero-order chi connectivity index (χ0) is 20.5. The van der Waals surface area contributed by atoms with Crippen molar-refractivity contribution in [2.75, 3.05) is 12.0 Å². The zero-order valence-corrected chi connectivity index (χ0v) is 16.0. The normalized spacial score (nSPS) is 15.4. The molecule has 0 saturated carbocycles. The zero-order valence-electron chi connectivity index (χ0n) is 16.0. The van der Waals surface area contributed by atoms with Crippen LogP contribution in [0.5, 0.6) is 5.75 Å². The second-order valence-corrected chi connectivity index (χ2v) is 6.74. The minimum Gasteiger partial charge on any atom is -0.508 e. The Bertz CT molecular complexity index is 1200. The van der Waals surface area contributed by atoms with E-state index in [0.29, 0.717) is 16.9 Å². The number of nitrogens with zero attached hydrogens (tertiary/aromatic N) is 1. The lowest BCUT2D eigenvalue weighted by Gasteiger charge is -2.20. The number of carbonyl (C=O) groups is 2. The third-order valence-corrected chi connectivity index (χ3v) is 4.98. The van der Waals surface area contributed by atoms with Crippen molar-refractivity contribution in [2.24, 2.45) is 0 Å². The average Bonchev–Trinajstić information content (AvgIpc) is 2.96. The summed E-state index contributed by atoms with van der Waals surface area (Å²) in [5, 5.41) is 11.7. The van der Waals surface area contributed by atoms with Gasteiger partial charge in [0, 0.05) is 11.1 Å². The number of amides is 1. The first-order valence-corrected chi connectivity index (χ1v) is 9.14. The SMILES string of the molecule is COC(=O)C1=C(C)N(c2cccc3ccccc23)C(=O)/C1=C\c1cccc(O)c1. The average molecular weight is 385 g/mol. The van der Waals surface area contributed by atoms with Crippen LogP contribution in [0.1, 0.15) is 12.5 Å². The van der Waals surface area contributed by atoms with Crippen molar-refractivity contribution in [2.45, 2.75) is 6.92 Å².